The van der Waals surface area contributed by atoms with Crippen molar-refractivity contribution < 1.29 is 19.0 Å². The van der Waals surface area contributed by atoms with E-state index in [1.165, 1.54) is 0 Å². The SMILES string of the molecule is COc1ccc(-c2cc(N3CCN(C(=O)C(C)Oc4ccc(C)cc4OC)CC3)ncn2)cc1. The molecule has 34 heavy (non-hydrogen) atoms. The molecule has 1 aromatic heterocycles. The minimum absolute atomic E-state index is 0.0381. The molecule has 178 valence electrons. The molecule has 1 amide bonds. The van der Waals surface area contributed by atoms with Gasteiger partial charge in [-0.1, -0.05) is 6.07 Å². The largest absolute Gasteiger partial charge is 0.497 e. The van der Waals surface area contributed by atoms with Gasteiger partial charge in [0.25, 0.3) is 5.91 Å². The van der Waals surface area contributed by atoms with Gasteiger partial charge in [0.2, 0.25) is 0 Å². The third kappa shape index (κ3) is 5.22. The van der Waals surface area contributed by atoms with E-state index in [2.05, 4.69) is 14.9 Å². The van der Waals surface area contributed by atoms with Crippen molar-refractivity contribution in [1.29, 1.82) is 0 Å². The van der Waals surface area contributed by atoms with Crippen LogP contribution in [0.2, 0.25) is 0 Å². The van der Waals surface area contributed by atoms with E-state index in [4.69, 9.17) is 14.2 Å². The van der Waals surface area contributed by atoms with E-state index in [1.807, 2.05) is 60.4 Å². The molecule has 1 aliphatic rings. The van der Waals surface area contributed by atoms with E-state index >= 15 is 0 Å². The van der Waals surface area contributed by atoms with Crippen molar-refractivity contribution in [2.45, 2.75) is 20.0 Å². The molecule has 0 spiro atoms. The lowest BCUT2D eigenvalue weighted by molar-refractivity contribution is -0.138. The van der Waals surface area contributed by atoms with Crippen LogP contribution in [0.3, 0.4) is 0 Å². The first-order valence-electron chi connectivity index (χ1n) is 11.3. The Bertz CT molecular complexity index is 1130. The van der Waals surface area contributed by atoms with Crippen LogP contribution in [0.4, 0.5) is 5.82 Å². The van der Waals surface area contributed by atoms with Gasteiger partial charge in [0.1, 0.15) is 17.9 Å². The van der Waals surface area contributed by atoms with Crippen molar-refractivity contribution in [1.82, 2.24) is 14.9 Å². The first-order chi connectivity index (χ1) is 16.5. The summed E-state index contributed by atoms with van der Waals surface area (Å²) in [5.41, 5.74) is 2.91. The summed E-state index contributed by atoms with van der Waals surface area (Å²) in [6.07, 6.45) is 0.973. The van der Waals surface area contributed by atoms with Gasteiger partial charge in [0, 0.05) is 37.8 Å². The number of hydrogen-bond donors (Lipinski definition) is 0. The molecular weight excluding hydrogens is 432 g/mol. The number of rotatable bonds is 7. The Morgan fingerprint density at radius 1 is 0.912 bits per heavy atom. The summed E-state index contributed by atoms with van der Waals surface area (Å²) >= 11 is 0. The summed E-state index contributed by atoms with van der Waals surface area (Å²) in [6, 6.07) is 15.4. The van der Waals surface area contributed by atoms with E-state index in [0.717, 1.165) is 28.4 Å². The zero-order valence-corrected chi connectivity index (χ0v) is 20.0. The van der Waals surface area contributed by atoms with E-state index < -0.39 is 6.10 Å². The second kappa shape index (κ2) is 10.4. The van der Waals surface area contributed by atoms with Crippen LogP contribution in [0.5, 0.6) is 17.2 Å². The predicted molar refractivity (Wildman–Crippen MR) is 131 cm³/mol. The van der Waals surface area contributed by atoms with Crippen LogP contribution >= 0.6 is 0 Å². The first kappa shape index (κ1) is 23.4. The van der Waals surface area contributed by atoms with Gasteiger partial charge < -0.3 is 24.0 Å². The smallest absolute Gasteiger partial charge is 0.263 e. The highest BCUT2D eigenvalue weighted by atomic mass is 16.5. The molecule has 8 heteroatoms. The van der Waals surface area contributed by atoms with E-state index in [1.54, 1.807) is 27.5 Å². The topological polar surface area (TPSA) is 77.0 Å². The summed E-state index contributed by atoms with van der Waals surface area (Å²) in [4.78, 5) is 25.9. The highest BCUT2D eigenvalue weighted by Gasteiger charge is 2.27. The molecule has 2 heterocycles. The van der Waals surface area contributed by atoms with Crippen LogP contribution in [0.15, 0.2) is 54.9 Å². The van der Waals surface area contributed by atoms with Gasteiger partial charge in [-0.2, -0.15) is 0 Å². The fourth-order valence-corrected chi connectivity index (χ4v) is 3.97. The number of aryl methyl sites for hydroxylation is 1. The van der Waals surface area contributed by atoms with Crippen LogP contribution in [-0.4, -0.2) is 67.3 Å². The van der Waals surface area contributed by atoms with E-state index in [0.29, 0.717) is 37.7 Å². The Hall–Kier alpha value is -3.81. The van der Waals surface area contributed by atoms with Crippen molar-refractivity contribution in [3.63, 3.8) is 0 Å². The van der Waals surface area contributed by atoms with Crippen LogP contribution in [-0.2, 0) is 4.79 Å². The molecule has 0 radical (unpaired) electrons. The molecule has 0 N–H and O–H groups in total. The number of amides is 1. The number of ether oxygens (including phenoxy) is 3. The summed E-state index contributed by atoms with van der Waals surface area (Å²) in [5, 5.41) is 0. The normalized spacial score (nSPS) is 14.5. The molecule has 0 saturated carbocycles. The number of piperazine rings is 1. The Morgan fingerprint density at radius 2 is 1.65 bits per heavy atom. The molecule has 3 aromatic rings. The molecule has 1 fully saturated rings. The van der Waals surface area contributed by atoms with Crippen molar-refractivity contribution in [3.8, 4) is 28.5 Å². The number of aromatic nitrogens is 2. The standard InChI is InChI=1S/C26H30N4O4/c1-18-5-10-23(24(15-18)33-4)34-19(2)26(31)30-13-11-29(12-14-30)25-16-22(27-17-28-25)20-6-8-21(32-3)9-7-20/h5-10,15-17,19H,11-14H2,1-4H3. The van der Waals surface area contributed by atoms with Gasteiger partial charge in [-0.25, -0.2) is 9.97 Å². The molecule has 0 aliphatic carbocycles. The number of hydrogen-bond acceptors (Lipinski definition) is 7. The molecule has 1 saturated heterocycles. The number of carbonyl (C=O) groups excluding carboxylic acids is 1. The van der Waals surface area contributed by atoms with E-state index in [-0.39, 0.29) is 5.91 Å². The fraction of sp³-hybridized carbons (Fsp3) is 0.346. The zero-order valence-electron chi connectivity index (χ0n) is 20.0. The number of benzene rings is 2. The average molecular weight is 463 g/mol. The van der Waals surface area contributed by atoms with Gasteiger partial charge >= 0.3 is 0 Å². The Balaban J connectivity index is 1.37. The highest BCUT2D eigenvalue weighted by Crippen LogP contribution is 2.29. The fourth-order valence-electron chi connectivity index (χ4n) is 3.97. The maximum atomic E-state index is 13.0. The molecule has 0 bridgehead atoms. The molecule has 4 rings (SSSR count). The third-order valence-corrected chi connectivity index (χ3v) is 5.92. The minimum Gasteiger partial charge on any atom is -0.497 e. The van der Waals surface area contributed by atoms with Crippen LogP contribution < -0.4 is 19.1 Å². The molecule has 2 aromatic carbocycles. The van der Waals surface area contributed by atoms with Crippen molar-refractivity contribution >= 4 is 11.7 Å². The van der Waals surface area contributed by atoms with Gasteiger partial charge in [-0.3, -0.25) is 4.79 Å². The second-order valence-electron chi connectivity index (χ2n) is 8.22. The Kier molecular flexibility index (Phi) is 7.15. The minimum atomic E-state index is -0.608. The number of anilines is 1. The lowest BCUT2D eigenvalue weighted by Crippen LogP contribution is -2.52. The highest BCUT2D eigenvalue weighted by molar-refractivity contribution is 5.81. The van der Waals surface area contributed by atoms with Crippen molar-refractivity contribution in [2.75, 3.05) is 45.3 Å². The summed E-state index contributed by atoms with van der Waals surface area (Å²) < 4.78 is 16.6. The molecule has 1 atom stereocenters. The molecule has 1 aliphatic heterocycles. The van der Waals surface area contributed by atoms with Gasteiger partial charge in [-0.05, 0) is 55.8 Å². The van der Waals surface area contributed by atoms with E-state index in [9.17, 15) is 4.79 Å². The molecule has 1 unspecified atom stereocenters. The molecule has 8 nitrogen and oxygen atoms in total. The van der Waals surface area contributed by atoms with Crippen molar-refractivity contribution in [2.24, 2.45) is 0 Å². The van der Waals surface area contributed by atoms with Crippen LogP contribution in [0.1, 0.15) is 12.5 Å². The van der Waals surface area contributed by atoms with Gasteiger partial charge in [0.15, 0.2) is 17.6 Å². The zero-order chi connectivity index (χ0) is 24.1. The van der Waals surface area contributed by atoms with Crippen molar-refractivity contribution in [3.05, 3.63) is 60.4 Å². The summed E-state index contributed by atoms with van der Waals surface area (Å²) in [7, 11) is 3.24. The summed E-state index contributed by atoms with van der Waals surface area (Å²) in [6.45, 7) is 6.33. The number of nitrogens with zero attached hydrogens (tertiary/aromatic N) is 4. The lowest BCUT2D eigenvalue weighted by Gasteiger charge is -2.36. The van der Waals surface area contributed by atoms with Gasteiger partial charge in [-0.15, -0.1) is 0 Å². The second-order valence-corrected chi connectivity index (χ2v) is 8.22. The quantitative estimate of drug-likeness (QED) is 0.531. The van der Waals surface area contributed by atoms with Crippen LogP contribution in [0.25, 0.3) is 11.3 Å². The van der Waals surface area contributed by atoms with Gasteiger partial charge in [0.05, 0.1) is 19.9 Å². The molecular formula is C26H30N4O4. The predicted octanol–water partition coefficient (Wildman–Crippen LogP) is 3.59. The Labute approximate surface area is 200 Å². The monoisotopic (exact) mass is 462 g/mol. The number of methoxy groups -OCH3 is 2. The average Bonchev–Trinajstić information content (AvgIpc) is 2.89. The summed E-state index contributed by atoms with van der Waals surface area (Å²) in [5.74, 6) is 2.81. The first-order valence-corrected chi connectivity index (χ1v) is 11.3. The maximum absolute atomic E-state index is 13.0. The number of carbonyl (C=O) groups is 1. The third-order valence-electron chi connectivity index (χ3n) is 5.92. The Morgan fingerprint density at radius 3 is 2.32 bits per heavy atom. The van der Waals surface area contributed by atoms with Crippen LogP contribution in [0, 0.1) is 6.92 Å². The lowest BCUT2D eigenvalue weighted by atomic mass is 10.1. The maximum Gasteiger partial charge on any atom is 0.263 e.